The number of ether oxygens (including phenoxy) is 1. The number of rotatable bonds is 7. The van der Waals surface area contributed by atoms with Crippen LogP contribution in [0.25, 0.3) is 0 Å². The van der Waals surface area contributed by atoms with Crippen molar-refractivity contribution in [3.8, 4) is 0 Å². The SMILES string of the molecule is CCOC(=O)CC1CCCCN1C(=O)Cn1nnnc1CN1CCCC1. The van der Waals surface area contributed by atoms with E-state index in [2.05, 4.69) is 20.4 Å². The van der Waals surface area contributed by atoms with Gasteiger partial charge in [0, 0.05) is 12.6 Å². The summed E-state index contributed by atoms with van der Waals surface area (Å²) in [7, 11) is 0. The first-order chi connectivity index (χ1) is 12.7. The maximum Gasteiger partial charge on any atom is 0.307 e. The van der Waals surface area contributed by atoms with Gasteiger partial charge in [0.1, 0.15) is 6.54 Å². The highest BCUT2D eigenvalue weighted by Crippen LogP contribution is 2.21. The van der Waals surface area contributed by atoms with E-state index in [1.165, 1.54) is 12.8 Å². The molecule has 0 bridgehead atoms. The molecule has 0 aromatic carbocycles. The van der Waals surface area contributed by atoms with Crippen LogP contribution in [0, 0.1) is 0 Å². The first kappa shape index (κ1) is 18.8. The highest BCUT2D eigenvalue weighted by molar-refractivity contribution is 5.78. The Hall–Kier alpha value is -2.03. The van der Waals surface area contributed by atoms with Crippen LogP contribution in [0.1, 0.15) is 51.3 Å². The normalized spacial score (nSPS) is 21.1. The predicted molar refractivity (Wildman–Crippen MR) is 92.9 cm³/mol. The Kier molecular flexibility index (Phi) is 6.54. The lowest BCUT2D eigenvalue weighted by atomic mass is 9.99. The second-order valence-electron chi connectivity index (χ2n) is 6.98. The van der Waals surface area contributed by atoms with Gasteiger partial charge in [0.25, 0.3) is 0 Å². The van der Waals surface area contributed by atoms with Gasteiger partial charge in [0.15, 0.2) is 5.82 Å². The van der Waals surface area contributed by atoms with Crippen molar-refractivity contribution in [2.75, 3.05) is 26.2 Å². The van der Waals surface area contributed by atoms with Crippen LogP contribution < -0.4 is 0 Å². The maximum absolute atomic E-state index is 12.8. The number of aromatic nitrogens is 4. The Morgan fingerprint density at radius 1 is 1.15 bits per heavy atom. The van der Waals surface area contributed by atoms with E-state index in [1.54, 1.807) is 11.6 Å². The largest absolute Gasteiger partial charge is 0.466 e. The first-order valence-electron chi connectivity index (χ1n) is 9.60. The average molecular weight is 364 g/mol. The molecule has 2 aliphatic rings. The molecular weight excluding hydrogens is 336 g/mol. The Bertz CT molecular complexity index is 613. The number of hydrogen-bond acceptors (Lipinski definition) is 7. The molecule has 1 atom stereocenters. The molecule has 9 nitrogen and oxygen atoms in total. The van der Waals surface area contributed by atoms with Gasteiger partial charge in [-0.25, -0.2) is 4.68 Å². The van der Waals surface area contributed by atoms with Gasteiger partial charge in [-0.1, -0.05) is 0 Å². The molecule has 2 saturated heterocycles. The Morgan fingerprint density at radius 2 is 1.92 bits per heavy atom. The van der Waals surface area contributed by atoms with Gasteiger partial charge in [-0.15, -0.1) is 5.10 Å². The van der Waals surface area contributed by atoms with E-state index in [0.717, 1.165) is 38.2 Å². The average Bonchev–Trinajstić information content (AvgIpc) is 3.28. The highest BCUT2D eigenvalue weighted by Gasteiger charge is 2.29. The minimum Gasteiger partial charge on any atom is -0.466 e. The summed E-state index contributed by atoms with van der Waals surface area (Å²) in [5.41, 5.74) is 0. The number of likely N-dealkylation sites (tertiary alicyclic amines) is 2. The second-order valence-corrected chi connectivity index (χ2v) is 6.98. The number of nitrogens with zero attached hydrogens (tertiary/aromatic N) is 6. The molecule has 0 aliphatic carbocycles. The van der Waals surface area contributed by atoms with E-state index in [-0.39, 0.29) is 30.9 Å². The molecule has 144 valence electrons. The molecule has 0 spiro atoms. The number of esters is 1. The van der Waals surface area contributed by atoms with E-state index in [1.807, 2.05) is 4.90 Å². The fourth-order valence-corrected chi connectivity index (χ4v) is 3.77. The molecular formula is C17H28N6O3. The topological polar surface area (TPSA) is 93.5 Å². The summed E-state index contributed by atoms with van der Waals surface area (Å²) in [5.74, 6) is 0.447. The van der Waals surface area contributed by atoms with Crippen LogP contribution in [-0.2, 0) is 27.4 Å². The van der Waals surface area contributed by atoms with E-state index >= 15 is 0 Å². The second kappa shape index (κ2) is 9.07. The molecule has 9 heteroatoms. The molecule has 3 rings (SSSR count). The summed E-state index contributed by atoms with van der Waals surface area (Å²) in [5, 5.41) is 11.8. The van der Waals surface area contributed by atoms with Gasteiger partial charge in [0.05, 0.1) is 19.6 Å². The van der Waals surface area contributed by atoms with E-state index in [4.69, 9.17) is 4.74 Å². The Morgan fingerprint density at radius 3 is 2.69 bits per heavy atom. The maximum atomic E-state index is 12.8. The van der Waals surface area contributed by atoms with Gasteiger partial charge in [-0.05, 0) is 62.5 Å². The third-order valence-electron chi connectivity index (χ3n) is 5.11. The monoisotopic (exact) mass is 364 g/mol. The molecule has 3 heterocycles. The molecule has 26 heavy (non-hydrogen) atoms. The fraction of sp³-hybridized carbons (Fsp3) is 0.824. The van der Waals surface area contributed by atoms with Crippen molar-refractivity contribution >= 4 is 11.9 Å². The van der Waals surface area contributed by atoms with Crippen molar-refractivity contribution < 1.29 is 14.3 Å². The molecule has 1 aromatic heterocycles. The number of carbonyl (C=O) groups is 2. The number of hydrogen-bond donors (Lipinski definition) is 0. The van der Waals surface area contributed by atoms with Crippen LogP contribution in [0.3, 0.4) is 0 Å². The molecule has 0 saturated carbocycles. The van der Waals surface area contributed by atoms with Gasteiger partial charge >= 0.3 is 5.97 Å². The molecule has 0 N–H and O–H groups in total. The molecule has 2 fully saturated rings. The minimum atomic E-state index is -0.241. The summed E-state index contributed by atoms with van der Waals surface area (Å²) in [6.07, 6.45) is 5.48. The molecule has 2 aliphatic heterocycles. The van der Waals surface area contributed by atoms with Crippen LogP contribution >= 0.6 is 0 Å². The van der Waals surface area contributed by atoms with Crippen molar-refractivity contribution in [1.82, 2.24) is 30.0 Å². The fourth-order valence-electron chi connectivity index (χ4n) is 3.77. The zero-order valence-corrected chi connectivity index (χ0v) is 15.5. The summed E-state index contributed by atoms with van der Waals surface area (Å²) < 4.78 is 6.65. The molecule has 1 amide bonds. The summed E-state index contributed by atoms with van der Waals surface area (Å²) in [6, 6.07) is -0.0891. The Balaban J connectivity index is 1.60. The van der Waals surface area contributed by atoms with Crippen LogP contribution in [-0.4, -0.2) is 74.2 Å². The van der Waals surface area contributed by atoms with Crippen LogP contribution in [0.4, 0.5) is 0 Å². The number of piperidine rings is 1. The molecule has 1 unspecified atom stereocenters. The predicted octanol–water partition coefficient (Wildman–Crippen LogP) is 0.603. The lowest BCUT2D eigenvalue weighted by Crippen LogP contribution is -2.46. The van der Waals surface area contributed by atoms with Crippen LogP contribution in [0.5, 0.6) is 0 Å². The highest BCUT2D eigenvalue weighted by atomic mass is 16.5. The summed E-state index contributed by atoms with van der Waals surface area (Å²) in [6.45, 7) is 5.73. The van der Waals surface area contributed by atoms with Gasteiger partial charge in [-0.2, -0.15) is 0 Å². The zero-order chi connectivity index (χ0) is 18.4. The number of tetrazole rings is 1. The van der Waals surface area contributed by atoms with Crippen molar-refractivity contribution in [1.29, 1.82) is 0 Å². The lowest BCUT2D eigenvalue weighted by Gasteiger charge is -2.35. The number of amides is 1. The standard InChI is InChI=1S/C17H28N6O3/c1-2-26-17(25)11-14-7-3-4-10-22(14)16(24)13-23-15(18-19-20-23)12-21-8-5-6-9-21/h14H,2-13H2,1H3. The minimum absolute atomic E-state index is 0.0334. The smallest absolute Gasteiger partial charge is 0.307 e. The van der Waals surface area contributed by atoms with E-state index in [0.29, 0.717) is 19.7 Å². The van der Waals surface area contributed by atoms with Gasteiger partial charge < -0.3 is 9.64 Å². The van der Waals surface area contributed by atoms with Gasteiger partial charge in [-0.3, -0.25) is 14.5 Å². The molecule has 0 radical (unpaired) electrons. The Labute approximate surface area is 153 Å². The van der Waals surface area contributed by atoms with E-state index < -0.39 is 0 Å². The third kappa shape index (κ3) is 4.78. The van der Waals surface area contributed by atoms with Crippen molar-refractivity contribution in [3.63, 3.8) is 0 Å². The van der Waals surface area contributed by atoms with E-state index in [9.17, 15) is 9.59 Å². The van der Waals surface area contributed by atoms with Crippen LogP contribution in [0.2, 0.25) is 0 Å². The number of carbonyl (C=O) groups excluding carboxylic acids is 2. The van der Waals surface area contributed by atoms with Crippen molar-refractivity contribution in [2.45, 2.75) is 64.6 Å². The van der Waals surface area contributed by atoms with Crippen molar-refractivity contribution in [3.05, 3.63) is 5.82 Å². The quantitative estimate of drug-likeness (QED) is 0.654. The summed E-state index contributed by atoms with van der Waals surface area (Å²) >= 11 is 0. The zero-order valence-electron chi connectivity index (χ0n) is 15.5. The van der Waals surface area contributed by atoms with Crippen molar-refractivity contribution in [2.24, 2.45) is 0 Å². The van der Waals surface area contributed by atoms with Crippen LogP contribution in [0.15, 0.2) is 0 Å². The third-order valence-corrected chi connectivity index (χ3v) is 5.11. The first-order valence-corrected chi connectivity index (χ1v) is 9.60. The molecule has 1 aromatic rings. The summed E-state index contributed by atoms with van der Waals surface area (Å²) in [4.78, 5) is 28.8. The van der Waals surface area contributed by atoms with Gasteiger partial charge in [0.2, 0.25) is 5.91 Å². The lowest BCUT2D eigenvalue weighted by molar-refractivity contribution is -0.146.